The number of benzene rings is 3. The molecule has 0 bridgehead atoms. The summed E-state index contributed by atoms with van der Waals surface area (Å²) in [4.78, 5) is 4.35. The van der Waals surface area contributed by atoms with Gasteiger partial charge in [0, 0.05) is 22.5 Å². The van der Waals surface area contributed by atoms with Crippen LogP contribution >= 0.6 is 35.1 Å². The van der Waals surface area contributed by atoms with Crippen LogP contribution in [0.1, 0.15) is 0 Å². The summed E-state index contributed by atoms with van der Waals surface area (Å²) in [6.45, 7) is 0. The Kier molecular flexibility index (Phi) is 6.51. The summed E-state index contributed by atoms with van der Waals surface area (Å²) < 4.78 is 1.05. The zero-order chi connectivity index (χ0) is 17.5. The third-order valence-corrected chi connectivity index (χ3v) is 6.45. The third kappa shape index (κ3) is 5.08. The van der Waals surface area contributed by atoms with E-state index in [4.69, 9.17) is 11.6 Å². The Morgan fingerprint density at radius 1 is 0.680 bits per heavy atom. The molecule has 0 spiro atoms. The number of thioether (sulfide) groups is 2. The molecule has 0 aliphatic carbocycles. The SMILES string of the molecule is CN(C(Cl)=C(Sc1ccccc1)Sc1ccccc1)c1ccccc1. The number of hydrogen-bond donors (Lipinski definition) is 0. The maximum atomic E-state index is 6.80. The van der Waals surface area contributed by atoms with E-state index in [0.29, 0.717) is 5.16 Å². The average Bonchev–Trinajstić information content (AvgIpc) is 2.68. The van der Waals surface area contributed by atoms with E-state index in [9.17, 15) is 0 Å². The molecule has 0 saturated heterocycles. The van der Waals surface area contributed by atoms with Gasteiger partial charge < -0.3 is 4.90 Å². The second-order valence-electron chi connectivity index (χ2n) is 5.30. The summed E-state index contributed by atoms with van der Waals surface area (Å²) in [6, 6.07) is 30.8. The zero-order valence-electron chi connectivity index (χ0n) is 13.8. The van der Waals surface area contributed by atoms with Gasteiger partial charge in [-0.2, -0.15) is 0 Å². The lowest BCUT2D eigenvalue weighted by atomic mass is 10.3. The second kappa shape index (κ2) is 9.04. The first kappa shape index (κ1) is 18.0. The van der Waals surface area contributed by atoms with Crippen LogP contribution in [0.3, 0.4) is 0 Å². The third-order valence-electron chi connectivity index (χ3n) is 3.51. The molecule has 0 aliphatic heterocycles. The van der Waals surface area contributed by atoms with E-state index in [-0.39, 0.29) is 0 Å². The van der Waals surface area contributed by atoms with E-state index >= 15 is 0 Å². The molecule has 4 heteroatoms. The summed E-state index contributed by atoms with van der Waals surface area (Å²) in [6.07, 6.45) is 0. The fourth-order valence-electron chi connectivity index (χ4n) is 2.20. The van der Waals surface area contributed by atoms with Gasteiger partial charge in [0.2, 0.25) is 0 Å². The maximum Gasteiger partial charge on any atom is 0.130 e. The van der Waals surface area contributed by atoms with E-state index in [0.717, 1.165) is 9.92 Å². The predicted octanol–water partition coefficient (Wildman–Crippen LogP) is 7.07. The molecule has 0 amide bonds. The molecule has 3 aromatic carbocycles. The first-order valence-corrected chi connectivity index (χ1v) is 9.89. The Hall–Kier alpha value is -1.81. The minimum atomic E-state index is 0.717. The van der Waals surface area contributed by atoms with Gasteiger partial charge in [0.15, 0.2) is 0 Å². The molecule has 1 nitrogen and oxygen atoms in total. The Bertz CT molecular complexity index is 777. The van der Waals surface area contributed by atoms with Gasteiger partial charge in [0.05, 0.1) is 4.24 Å². The fourth-order valence-corrected chi connectivity index (χ4v) is 4.73. The summed E-state index contributed by atoms with van der Waals surface area (Å²) >= 11 is 10.2. The van der Waals surface area contributed by atoms with Crippen molar-refractivity contribution in [2.75, 3.05) is 11.9 Å². The van der Waals surface area contributed by atoms with E-state index in [1.165, 1.54) is 9.79 Å². The standard InChI is InChI=1S/C21H18ClNS2/c1-23(17-11-5-2-6-12-17)20(22)21(24-18-13-7-3-8-14-18)25-19-15-9-4-10-16-19/h2-16H,1H3. The van der Waals surface area contributed by atoms with Gasteiger partial charge in [-0.1, -0.05) is 89.7 Å². The van der Waals surface area contributed by atoms with Crippen molar-refractivity contribution < 1.29 is 0 Å². The zero-order valence-corrected chi connectivity index (χ0v) is 16.2. The van der Waals surface area contributed by atoms with Crippen molar-refractivity contribution in [1.29, 1.82) is 0 Å². The molecule has 0 unspecified atom stereocenters. The van der Waals surface area contributed by atoms with Crippen LogP contribution in [0.15, 0.2) is 110 Å². The van der Waals surface area contributed by atoms with Gasteiger partial charge in [-0.3, -0.25) is 0 Å². The van der Waals surface area contributed by atoms with Crippen molar-refractivity contribution in [2.45, 2.75) is 9.79 Å². The molecule has 126 valence electrons. The Morgan fingerprint density at radius 2 is 1.08 bits per heavy atom. The van der Waals surface area contributed by atoms with Crippen molar-refractivity contribution in [2.24, 2.45) is 0 Å². The van der Waals surface area contributed by atoms with Crippen LogP contribution in [0.5, 0.6) is 0 Å². The summed E-state index contributed by atoms with van der Waals surface area (Å²) in [5.41, 5.74) is 1.06. The van der Waals surface area contributed by atoms with Crippen LogP contribution in [-0.2, 0) is 0 Å². The number of nitrogens with zero attached hydrogens (tertiary/aromatic N) is 1. The van der Waals surface area contributed by atoms with Crippen molar-refractivity contribution in [3.8, 4) is 0 Å². The molecular weight excluding hydrogens is 366 g/mol. The topological polar surface area (TPSA) is 3.24 Å². The number of rotatable bonds is 6. The highest BCUT2D eigenvalue weighted by Crippen LogP contribution is 2.43. The minimum absolute atomic E-state index is 0.717. The molecule has 0 atom stereocenters. The maximum absolute atomic E-state index is 6.80. The minimum Gasteiger partial charge on any atom is -0.334 e. The van der Waals surface area contributed by atoms with E-state index in [1.807, 2.05) is 66.5 Å². The first-order valence-electron chi connectivity index (χ1n) is 7.88. The van der Waals surface area contributed by atoms with Crippen molar-refractivity contribution in [3.63, 3.8) is 0 Å². The predicted molar refractivity (Wildman–Crippen MR) is 112 cm³/mol. The van der Waals surface area contributed by atoms with Gasteiger partial charge in [-0.25, -0.2) is 0 Å². The number of anilines is 1. The first-order chi connectivity index (χ1) is 12.2. The van der Waals surface area contributed by atoms with Gasteiger partial charge in [-0.05, 0) is 36.4 Å². The molecule has 3 rings (SSSR count). The smallest absolute Gasteiger partial charge is 0.130 e. The Labute approximate surface area is 162 Å². The highest BCUT2D eigenvalue weighted by atomic mass is 35.5. The lowest BCUT2D eigenvalue weighted by Gasteiger charge is -2.21. The molecule has 0 saturated carbocycles. The Balaban J connectivity index is 1.93. The van der Waals surface area contributed by atoms with Crippen molar-refractivity contribution in [3.05, 3.63) is 100 Å². The highest BCUT2D eigenvalue weighted by Gasteiger charge is 2.14. The molecular formula is C21H18ClNS2. The van der Waals surface area contributed by atoms with Crippen LogP contribution in [0.2, 0.25) is 0 Å². The molecule has 0 fully saturated rings. The van der Waals surface area contributed by atoms with Crippen LogP contribution in [0.4, 0.5) is 5.69 Å². The van der Waals surface area contributed by atoms with E-state index < -0.39 is 0 Å². The quantitative estimate of drug-likeness (QED) is 0.331. The summed E-state index contributed by atoms with van der Waals surface area (Å²) in [5.74, 6) is 0. The van der Waals surface area contributed by atoms with Crippen LogP contribution < -0.4 is 4.90 Å². The van der Waals surface area contributed by atoms with Gasteiger partial charge in [-0.15, -0.1) is 0 Å². The van der Waals surface area contributed by atoms with Crippen LogP contribution in [0.25, 0.3) is 0 Å². The van der Waals surface area contributed by atoms with Crippen molar-refractivity contribution >= 4 is 40.8 Å². The lowest BCUT2D eigenvalue weighted by Crippen LogP contribution is -2.13. The molecule has 25 heavy (non-hydrogen) atoms. The number of hydrogen-bond acceptors (Lipinski definition) is 3. The Morgan fingerprint density at radius 3 is 1.52 bits per heavy atom. The molecule has 0 N–H and O–H groups in total. The largest absolute Gasteiger partial charge is 0.334 e. The van der Waals surface area contributed by atoms with E-state index in [2.05, 4.69) is 36.4 Å². The summed E-state index contributed by atoms with van der Waals surface area (Å²) in [7, 11) is 1.99. The van der Waals surface area contributed by atoms with Crippen LogP contribution in [-0.4, -0.2) is 7.05 Å². The summed E-state index contributed by atoms with van der Waals surface area (Å²) in [5, 5.41) is 0.717. The molecule has 0 aromatic heterocycles. The van der Waals surface area contributed by atoms with E-state index in [1.54, 1.807) is 23.5 Å². The normalized spacial score (nSPS) is 10.3. The van der Waals surface area contributed by atoms with Gasteiger partial charge in [0.25, 0.3) is 0 Å². The molecule has 0 heterocycles. The fraction of sp³-hybridized carbons (Fsp3) is 0.0476. The number of halogens is 1. The van der Waals surface area contributed by atoms with Crippen LogP contribution in [0, 0.1) is 0 Å². The molecule has 0 aliphatic rings. The molecule has 3 aromatic rings. The highest BCUT2D eigenvalue weighted by molar-refractivity contribution is 8.22. The van der Waals surface area contributed by atoms with Crippen molar-refractivity contribution in [1.82, 2.24) is 0 Å². The molecule has 0 radical (unpaired) electrons. The van der Waals surface area contributed by atoms with Gasteiger partial charge >= 0.3 is 0 Å². The average molecular weight is 384 g/mol. The van der Waals surface area contributed by atoms with Gasteiger partial charge in [0.1, 0.15) is 5.16 Å². The second-order valence-corrected chi connectivity index (χ2v) is 8.09. The lowest BCUT2D eigenvalue weighted by molar-refractivity contribution is 1.18. The monoisotopic (exact) mass is 383 g/mol. The number of para-hydroxylation sites is 1.